The van der Waals surface area contributed by atoms with Gasteiger partial charge >= 0.3 is 0 Å². The summed E-state index contributed by atoms with van der Waals surface area (Å²) < 4.78 is 0. The summed E-state index contributed by atoms with van der Waals surface area (Å²) in [7, 11) is 0. The van der Waals surface area contributed by atoms with Crippen molar-refractivity contribution in [1.82, 2.24) is 20.5 Å². The number of nitrogens with one attached hydrogen (secondary N) is 2. The first-order valence-corrected chi connectivity index (χ1v) is 12.2. The lowest BCUT2D eigenvalue weighted by Gasteiger charge is -2.16. The Balaban J connectivity index is 1.34. The Hall–Kier alpha value is -4.16. The molecule has 0 saturated carbocycles. The summed E-state index contributed by atoms with van der Waals surface area (Å²) in [4.78, 5) is 19.3. The molecule has 35 heavy (non-hydrogen) atoms. The van der Waals surface area contributed by atoms with Crippen LogP contribution >= 0.6 is 11.8 Å². The predicted octanol–water partition coefficient (Wildman–Crippen LogP) is 6.77. The average molecular weight is 477 g/mol. The van der Waals surface area contributed by atoms with Crippen molar-refractivity contribution in [2.24, 2.45) is 0 Å². The van der Waals surface area contributed by atoms with Gasteiger partial charge in [-0.15, -0.1) is 0 Å². The molecular formula is C29H24N4OS. The molecule has 0 aliphatic carbocycles. The van der Waals surface area contributed by atoms with Crippen LogP contribution in [0.25, 0.3) is 23.1 Å². The number of aromatic nitrogens is 3. The Morgan fingerprint density at radius 1 is 0.943 bits per heavy atom. The molecule has 3 aromatic carbocycles. The van der Waals surface area contributed by atoms with E-state index in [2.05, 4.69) is 38.7 Å². The van der Waals surface area contributed by atoms with Gasteiger partial charge in [0, 0.05) is 21.4 Å². The number of pyridine rings is 1. The molecule has 2 aromatic heterocycles. The summed E-state index contributed by atoms with van der Waals surface area (Å²) in [5, 5.41) is 11.7. The zero-order valence-electron chi connectivity index (χ0n) is 19.2. The van der Waals surface area contributed by atoms with Crippen molar-refractivity contribution < 1.29 is 4.79 Å². The Bertz CT molecular complexity index is 1480. The van der Waals surface area contributed by atoms with Gasteiger partial charge in [-0.2, -0.15) is 5.10 Å². The molecule has 0 radical (unpaired) electrons. The van der Waals surface area contributed by atoms with Crippen LogP contribution < -0.4 is 5.32 Å². The molecule has 0 aliphatic heterocycles. The molecule has 1 atom stereocenters. The van der Waals surface area contributed by atoms with Gasteiger partial charge in [0.15, 0.2) is 0 Å². The van der Waals surface area contributed by atoms with Crippen LogP contribution in [0.4, 0.5) is 0 Å². The molecule has 0 fully saturated rings. The van der Waals surface area contributed by atoms with Gasteiger partial charge in [-0.05, 0) is 67.1 Å². The zero-order valence-corrected chi connectivity index (χ0v) is 20.0. The van der Waals surface area contributed by atoms with Gasteiger partial charge in [0.25, 0.3) is 5.91 Å². The second kappa shape index (κ2) is 10.4. The fraction of sp³-hybridized carbons (Fsp3) is 0.0690. The van der Waals surface area contributed by atoms with E-state index in [1.165, 1.54) is 0 Å². The predicted molar refractivity (Wildman–Crippen MR) is 142 cm³/mol. The number of benzene rings is 3. The summed E-state index contributed by atoms with van der Waals surface area (Å²) in [6, 6.07) is 29.6. The highest BCUT2D eigenvalue weighted by Gasteiger charge is 2.16. The molecule has 0 aliphatic rings. The Morgan fingerprint density at radius 3 is 2.57 bits per heavy atom. The lowest BCUT2D eigenvalue weighted by atomic mass is 10.1. The van der Waals surface area contributed by atoms with Crippen molar-refractivity contribution >= 4 is 40.7 Å². The maximum absolute atomic E-state index is 13.1. The largest absolute Gasteiger partial charge is 0.345 e. The summed E-state index contributed by atoms with van der Waals surface area (Å²) in [5.74, 6) is -0.0889. The van der Waals surface area contributed by atoms with E-state index in [1.807, 2.05) is 91.9 Å². The zero-order chi connectivity index (χ0) is 24.0. The molecule has 172 valence electrons. The van der Waals surface area contributed by atoms with Crippen molar-refractivity contribution in [3.8, 4) is 0 Å². The van der Waals surface area contributed by atoms with Crippen molar-refractivity contribution in [2.45, 2.75) is 22.8 Å². The standard InChI is InChI=1S/C29H24N4OS/c1-20(21-9-3-2-4-10-21)31-29(34)25-12-5-6-13-28(25)35-23-15-16-24-26(32-33-27(24)19-23)17-14-22-11-7-8-18-30-22/h2-20H,1H3,(H,31,34)(H,32,33)/b17-14+/t20-/m1/s1. The highest BCUT2D eigenvalue weighted by atomic mass is 32.2. The number of amides is 1. The lowest BCUT2D eigenvalue weighted by Crippen LogP contribution is -2.27. The van der Waals surface area contributed by atoms with Crippen molar-refractivity contribution in [1.29, 1.82) is 0 Å². The van der Waals surface area contributed by atoms with E-state index in [9.17, 15) is 4.79 Å². The van der Waals surface area contributed by atoms with Crippen LogP contribution in [-0.4, -0.2) is 21.1 Å². The second-order valence-corrected chi connectivity index (χ2v) is 9.22. The summed E-state index contributed by atoms with van der Waals surface area (Å²) in [6.45, 7) is 2.00. The first-order chi connectivity index (χ1) is 17.2. The number of aromatic amines is 1. The molecule has 5 rings (SSSR count). The number of rotatable bonds is 7. The molecule has 6 heteroatoms. The van der Waals surface area contributed by atoms with Crippen LogP contribution in [0.3, 0.4) is 0 Å². The van der Waals surface area contributed by atoms with E-state index in [4.69, 9.17) is 0 Å². The molecule has 0 spiro atoms. The van der Waals surface area contributed by atoms with Crippen LogP contribution in [0.2, 0.25) is 0 Å². The molecule has 2 N–H and O–H groups in total. The quantitative estimate of drug-likeness (QED) is 0.272. The molecule has 1 amide bonds. The lowest BCUT2D eigenvalue weighted by molar-refractivity contribution is 0.0937. The van der Waals surface area contributed by atoms with Gasteiger partial charge in [-0.1, -0.05) is 60.3 Å². The van der Waals surface area contributed by atoms with Crippen LogP contribution in [-0.2, 0) is 0 Å². The minimum Gasteiger partial charge on any atom is -0.345 e. The highest BCUT2D eigenvalue weighted by Crippen LogP contribution is 2.33. The number of carbonyl (C=O) groups is 1. The van der Waals surface area contributed by atoms with Gasteiger partial charge < -0.3 is 5.32 Å². The Kier molecular flexibility index (Phi) is 6.73. The van der Waals surface area contributed by atoms with Gasteiger partial charge in [0.05, 0.1) is 28.5 Å². The number of nitrogens with zero attached hydrogens (tertiary/aromatic N) is 2. The van der Waals surface area contributed by atoms with Gasteiger partial charge in [0.2, 0.25) is 0 Å². The number of fused-ring (bicyclic) bond motifs is 1. The second-order valence-electron chi connectivity index (χ2n) is 8.11. The van der Waals surface area contributed by atoms with Gasteiger partial charge in [-0.25, -0.2) is 0 Å². The van der Waals surface area contributed by atoms with Crippen LogP contribution in [0.15, 0.2) is 107 Å². The fourth-order valence-electron chi connectivity index (χ4n) is 3.82. The number of hydrogen-bond acceptors (Lipinski definition) is 4. The first kappa shape index (κ1) is 22.6. The van der Waals surface area contributed by atoms with E-state index in [0.717, 1.165) is 37.6 Å². The van der Waals surface area contributed by atoms with Crippen molar-refractivity contribution in [3.63, 3.8) is 0 Å². The first-order valence-electron chi connectivity index (χ1n) is 11.4. The molecular weight excluding hydrogens is 452 g/mol. The van der Waals surface area contributed by atoms with Crippen molar-refractivity contribution in [3.05, 3.63) is 120 Å². The summed E-state index contributed by atoms with van der Waals surface area (Å²) >= 11 is 1.56. The maximum atomic E-state index is 13.1. The highest BCUT2D eigenvalue weighted by molar-refractivity contribution is 7.99. The maximum Gasteiger partial charge on any atom is 0.252 e. The molecule has 0 saturated heterocycles. The Morgan fingerprint density at radius 2 is 1.74 bits per heavy atom. The van der Waals surface area contributed by atoms with E-state index in [-0.39, 0.29) is 11.9 Å². The molecule has 5 aromatic rings. The normalized spacial score (nSPS) is 12.1. The average Bonchev–Trinajstić information content (AvgIpc) is 3.31. The van der Waals surface area contributed by atoms with Crippen LogP contribution in [0.1, 0.15) is 40.3 Å². The number of carbonyl (C=O) groups excluding carboxylic acids is 1. The third kappa shape index (κ3) is 5.34. The molecule has 0 bridgehead atoms. The SMILES string of the molecule is C[C@@H](NC(=O)c1ccccc1Sc1ccc2c(/C=C/c3ccccn3)n[nH]c2c1)c1ccccc1. The minimum absolute atomic E-state index is 0.0827. The van der Waals surface area contributed by atoms with Gasteiger partial charge in [-0.3, -0.25) is 14.9 Å². The summed E-state index contributed by atoms with van der Waals surface area (Å²) in [6.07, 6.45) is 5.68. The fourth-order valence-corrected chi connectivity index (χ4v) is 4.80. The number of H-pyrrole nitrogens is 1. The molecule has 2 heterocycles. The smallest absolute Gasteiger partial charge is 0.252 e. The van der Waals surface area contributed by atoms with E-state index in [0.29, 0.717) is 5.56 Å². The monoisotopic (exact) mass is 476 g/mol. The molecule has 5 nitrogen and oxygen atoms in total. The third-order valence-electron chi connectivity index (χ3n) is 5.67. The van der Waals surface area contributed by atoms with E-state index >= 15 is 0 Å². The van der Waals surface area contributed by atoms with E-state index in [1.54, 1.807) is 18.0 Å². The molecule has 0 unspecified atom stereocenters. The van der Waals surface area contributed by atoms with Crippen LogP contribution in [0.5, 0.6) is 0 Å². The van der Waals surface area contributed by atoms with Crippen molar-refractivity contribution in [2.75, 3.05) is 0 Å². The third-order valence-corrected chi connectivity index (χ3v) is 6.74. The summed E-state index contributed by atoms with van der Waals surface area (Å²) in [5.41, 5.74) is 4.41. The van der Waals surface area contributed by atoms with Gasteiger partial charge in [0.1, 0.15) is 0 Å². The topological polar surface area (TPSA) is 70.7 Å². The Labute approximate surface area is 208 Å². The minimum atomic E-state index is -0.0889. The van der Waals surface area contributed by atoms with Crippen LogP contribution in [0, 0.1) is 0 Å². The number of hydrogen-bond donors (Lipinski definition) is 2. The van der Waals surface area contributed by atoms with E-state index < -0.39 is 0 Å².